The van der Waals surface area contributed by atoms with Crippen LogP contribution in [0.2, 0.25) is 0 Å². The predicted molar refractivity (Wildman–Crippen MR) is 187 cm³/mol. The van der Waals surface area contributed by atoms with E-state index < -0.39 is 17.7 Å². The number of carbonyl (C=O) groups excluding carboxylic acids is 2. The number of hydrogen-bond acceptors (Lipinski definition) is 8. The molecule has 4 heterocycles. The van der Waals surface area contributed by atoms with Crippen LogP contribution in [-0.2, 0) is 27.2 Å². The molecule has 1 aliphatic rings. The zero-order valence-corrected chi connectivity index (χ0v) is 28.7. The van der Waals surface area contributed by atoms with Gasteiger partial charge >= 0.3 is 6.09 Å². The molecule has 0 aliphatic carbocycles. The van der Waals surface area contributed by atoms with Crippen LogP contribution in [0.15, 0.2) is 60.9 Å². The standard InChI is InChI=1S/C37H48N6O5/c1-37(2,3)48-36(45)41-30(18-25-9-11-26(12-10-25)27-13-14-33(38)39-22-27)20-35(44)42-15-6-8-28(24-42)31-19-29-23-40-34(47-5)21-32(29)43(31)16-7-17-46-4/h9-14,19,21-23,28,30H,6-8,15-18,20,24H2,1-5H3,(H2,38,39)(H,41,45)/t28-,30-/m1/s1. The number of nitrogens with one attached hydrogen (secondary N) is 1. The second kappa shape index (κ2) is 15.5. The number of fused-ring (bicyclic) bond motifs is 1. The number of aryl methyl sites for hydroxylation is 1. The number of carbonyl (C=O) groups is 2. The first kappa shape index (κ1) is 34.7. The second-order valence-electron chi connectivity index (χ2n) is 13.5. The lowest BCUT2D eigenvalue weighted by Gasteiger charge is -2.34. The van der Waals surface area contributed by atoms with E-state index in [4.69, 9.17) is 19.9 Å². The number of likely N-dealkylation sites (tertiary alicyclic amines) is 1. The summed E-state index contributed by atoms with van der Waals surface area (Å²) < 4.78 is 18.7. The van der Waals surface area contributed by atoms with E-state index >= 15 is 0 Å². The van der Waals surface area contributed by atoms with E-state index in [2.05, 4.69) is 25.9 Å². The molecule has 3 aromatic heterocycles. The van der Waals surface area contributed by atoms with Crippen molar-refractivity contribution < 1.29 is 23.8 Å². The van der Waals surface area contributed by atoms with E-state index in [9.17, 15) is 9.59 Å². The van der Waals surface area contributed by atoms with Crippen molar-refractivity contribution in [2.24, 2.45) is 0 Å². The number of aromatic nitrogens is 3. The SMILES string of the molecule is COCCCn1c([C@@H]2CCCN(C(=O)C[C@@H](Cc3ccc(-c4ccc(N)nc4)cc3)NC(=O)OC(C)(C)C)C2)cc2cnc(OC)cc21. The maximum atomic E-state index is 13.9. The molecule has 48 heavy (non-hydrogen) atoms. The minimum absolute atomic E-state index is 0.00991. The van der Waals surface area contributed by atoms with Crippen LogP contribution in [0.3, 0.4) is 0 Å². The Labute approximate surface area is 282 Å². The summed E-state index contributed by atoms with van der Waals surface area (Å²) in [4.78, 5) is 37.4. The van der Waals surface area contributed by atoms with Gasteiger partial charge in [0.05, 0.1) is 12.6 Å². The first-order chi connectivity index (χ1) is 23.0. The van der Waals surface area contributed by atoms with Gasteiger partial charge in [0, 0.05) is 86.8 Å². The summed E-state index contributed by atoms with van der Waals surface area (Å²) in [6.45, 7) is 8.21. The zero-order valence-electron chi connectivity index (χ0n) is 28.7. The molecule has 11 nitrogen and oxygen atoms in total. The average molecular weight is 657 g/mol. The number of nitrogens with two attached hydrogens (primary N) is 1. The summed E-state index contributed by atoms with van der Waals surface area (Å²) in [6, 6.07) is 15.5. The lowest BCUT2D eigenvalue weighted by molar-refractivity contribution is -0.132. The molecular weight excluding hydrogens is 608 g/mol. The molecule has 0 saturated carbocycles. The highest BCUT2D eigenvalue weighted by Gasteiger charge is 2.30. The smallest absolute Gasteiger partial charge is 0.407 e. The maximum absolute atomic E-state index is 13.9. The van der Waals surface area contributed by atoms with Crippen molar-refractivity contribution in [2.45, 2.75) is 77.0 Å². The Morgan fingerprint density at radius 3 is 2.50 bits per heavy atom. The average Bonchev–Trinajstić information content (AvgIpc) is 3.42. The Morgan fingerprint density at radius 1 is 1.04 bits per heavy atom. The van der Waals surface area contributed by atoms with Gasteiger partial charge in [0.25, 0.3) is 0 Å². The molecule has 1 aromatic carbocycles. The molecule has 1 saturated heterocycles. The quantitative estimate of drug-likeness (QED) is 0.179. The van der Waals surface area contributed by atoms with Crippen LogP contribution < -0.4 is 15.8 Å². The van der Waals surface area contributed by atoms with Crippen molar-refractivity contribution in [2.75, 3.05) is 39.6 Å². The van der Waals surface area contributed by atoms with Gasteiger partial charge in [-0.2, -0.15) is 0 Å². The lowest BCUT2D eigenvalue weighted by atomic mass is 9.93. The summed E-state index contributed by atoms with van der Waals surface area (Å²) in [5, 5.41) is 4.03. The highest BCUT2D eigenvalue weighted by atomic mass is 16.6. The number of nitrogen functional groups attached to an aromatic ring is 1. The highest BCUT2D eigenvalue weighted by Crippen LogP contribution is 2.33. The molecule has 5 rings (SSSR count). The molecular formula is C37H48N6O5. The fourth-order valence-electron chi connectivity index (χ4n) is 6.35. The van der Waals surface area contributed by atoms with E-state index in [1.54, 1.807) is 26.5 Å². The number of anilines is 1. The minimum atomic E-state index is -0.658. The predicted octanol–water partition coefficient (Wildman–Crippen LogP) is 5.96. The van der Waals surface area contributed by atoms with Crippen molar-refractivity contribution in [1.82, 2.24) is 24.8 Å². The Kier molecular flexibility index (Phi) is 11.2. The van der Waals surface area contributed by atoms with Gasteiger partial charge in [-0.3, -0.25) is 4.79 Å². The molecule has 0 spiro atoms. The highest BCUT2D eigenvalue weighted by molar-refractivity contribution is 5.82. The first-order valence-electron chi connectivity index (χ1n) is 16.6. The van der Waals surface area contributed by atoms with E-state index in [-0.39, 0.29) is 18.2 Å². The third-order valence-electron chi connectivity index (χ3n) is 8.62. The largest absolute Gasteiger partial charge is 0.481 e. The summed E-state index contributed by atoms with van der Waals surface area (Å²) >= 11 is 0. The second-order valence-corrected chi connectivity index (χ2v) is 13.5. The van der Waals surface area contributed by atoms with E-state index in [0.29, 0.717) is 37.8 Å². The molecule has 11 heteroatoms. The van der Waals surface area contributed by atoms with Gasteiger partial charge < -0.3 is 34.7 Å². The molecule has 0 radical (unpaired) electrons. The molecule has 4 aromatic rings. The van der Waals surface area contributed by atoms with Crippen LogP contribution in [0.4, 0.5) is 10.6 Å². The normalized spacial score (nSPS) is 15.7. The number of alkyl carbamates (subject to hydrolysis) is 1. The number of amides is 2. The van der Waals surface area contributed by atoms with E-state index in [0.717, 1.165) is 53.4 Å². The number of hydrogen-bond donors (Lipinski definition) is 2. The number of rotatable bonds is 12. The van der Waals surface area contributed by atoms with Gasteiger partial charge in [0.15, 0.2) is 0 Å². The summed E-state index contributed by atoms with van der Waals surface area (Å²) in [6.07, 6.45) is 6.43. The van der Waals surface area contributed by atoms with Gasteiger partial charge in [-0.15, -0.1) is 0 Å². The molecule has 2 amide bonds. The van der Waals surface area contributed by atoms with Crippen LogP contribution in [0.25, 0.3) is 22.0 Å². The van der Waals surface area contributed by atoms with Crippen LogP contribution in [-0.4, -0.2) is 77.0 Å². The number of pyridine rings is 2. The summed E-state index contributed by atoms with van der Waals surface area (Å²) in [7, 11) is 3.34. The van der Waals surface area contributed by atoms with Crippen molar-refractivity contribution >= 4 is 28.7 Å². The fraction of sp³-hybridized carbons (Fsp3) is 0.459. The molecule has 0 bridgehead atoms. The van der Waals surface area contributed by atoms with E-state index in [1.165, 1.54) is 5.69 Å². The van der Waals surface area contributed by atoms with Gasteiger partial charge in [0.2, 0.25) is 11.8 Å². The van der Waals surface area contributed by atoms with Crippen molar-refractivity contribution in [3.8, 4) is 17.0 Å². The van der Waals surface area contributed by atoms with Gasteiger partial charge in [-0.25, -0.2) is 14.8 Å². The van der Waals surface area contributed by atoms with Crippen LogP contribution in [0.5, 0.6) is 5.88 Å². The third-order valence-corrected chi connectivity index (χ3v) is 8.62. The molecule has 3 N–H and O–H groups in total. The van der Waals surface area contributed by atoms with Crippen molar-refractivity contribution in [3.05, 3.63) is 72.2 Å². The van der Waals surface area contributed by atoms with Crippen LogP contribution in [0.1, 0.15) is 63.6 Å². The van der Waals surface area contributed by atoms with Gasteiger partial charge in [0.1, 0.15) is 11.4 Å². The maximum Gasteiger partial charge on any atom is 0.407 e. The first-order valence-corrected chi connectivity index (χ1v) is 16.6. The van der Waals surface area contributed by atoms with Crippen molar-refractivity contribution in [3.63, 3.8) is 0 Å². The number of benzene rings is 1. The van der Waals surface area contributed by atoms with Crippen molar-refractivity contribution in [1.29, 1.82) is 0 Å². The summed E-state index contributed by atoms with van der Waals surface area (Å²) in [5.41, 5.74) is 10.3. The number of ether oxygens (including phenoxy) is 3. The molecule has 0 unspecified atom stereocenters. The Hall–Kier alpha value is -4.64. The zero-order chi connectivity index (χ0) is 34.3. The molecule has 1 aliphatic heterocycles. The summed E-state index contributed by atoms with van der Waals surface area (Å²) in [5.74, 6) is 1.21. The van der Waals surface area contributed by atoms with E-state index in [1.807, 2.05) is 68.3 Å². The fourth-order valence-corrected chi connectivity index (χ4v) is 6.35. The number of piperidine rings is 1. The van der Waals surface area contributed by atoms with Gasteiger partial charge in [-0.1, -0.05) is 24.3 Å². The van der Waals surface area contributed by atoms with Crippen LogP contribution in [0, 0.1) is 0 Å². The monoisotopic (exact) mass is 656 g/mol. The molecule has 256 valence electrons. The topological polar surface area (TPSA) is 134 Å². The Bertz CT molecular complexity index is 1680. The number of methoxy groups -OCH3 is 2. The minimum Gasteiger partial charge on any atom is -0.481 e. The third kappa shape index (κ3) is 9.03. The molecule has 2 atom stereocenters. The van der Waals surface area contributed by atoms with Crippen LogP contribution >= 0.6 is 0 Å². The van der Waals surface area contributed by atoms with Gasteiger partial charge in [-0.05, 0) is 75.8 Å². The Balaban J connectivity index is 1.32. The Morgan fingerprint density at radius 2 is 1.81 bits per heavy atom. The lowest BCUT2D eigenvalue weighted by Crippen LogP contribution is -2.46. The molecule has 1 fully saturated rings. The number of nitrogens with zero attached hydrogens (tertiary/aromatic N) is 4.